The lowest BCUT2D eigenvalue weighted by Crippen LogP contribution is -2.46. The number of ether oxygens (including phenoxy) is 6. The van der Waals surface area contributed by atoms with Crippen molar-refractivity contribution in [3.63, 3.8) is 0 Å². The highest BCUT2D eigenvalue weighted by Crippen LogP contribution is 2.34. The number of nitrogens with zero attached hydrogens (tertiary/aromatic N) is 4. The van der Waals surface area contributed by atoms with Crippen molar-refractivity contribution >= 4 is 0 Å². The first-order chi connectivity index (χ1) is 29.1. The van der Waals surface area contributed by atoms with Crippen LogP contribution in [0.15, 0.2) is 0 Å². The van der Waals surface area contributed by atoms with Crippen LogP contribution >= 0.6 is 0 Å². The van der Waals surface area contributed by atoms with Crippen molar-refractivity contribution < 1.29 is 28.4 Å². The normalized spacial score (nSPS) is 30.6. The van der Waals surface area contributed by atoms with Crippen molar-refractivity contribution in [2.45, 2.75) is 251 Å². The van der Waals surface area contributed by atoms with Crippen LogP contribution in [0.1, 0.15) is 186 Å². The largest absolute Gasteiger partial charge is 0.375 e. The van der Waals surface area contributed by atoms with Gasteiger partial charge in [-0.05, 0) is 158 Å². The number of piperidine rings is 4. The van der Waals surface area contributed by atoms with E-state index in [-0.39, 0.29) is 16.8 Å². The van der Waals surface area contributed by atoms with Crippen molar-refractivity contribution in [3.05, 3.63) is 0 Å². The maximum atomic E-state index is 6.30. The summed E-state index contributed by atoms with van der Waals surface area (Å²) in [6.45, 7) is 40.5. The summed E-state index contributed by atoms with van der Waals surface area (Å²) in [5.74, 6) is 0. The van der Waals surface area contributed by atoms with Gasteiger partial charge in [-0.2, -0.15) is 0 Å². The Hall–Kier alpha value is -0.400. The Bertz CT molecular complexity index is 1200. The highest BCUT2D eigenvalue weighted by Gasteiger charge is 2.38. The molecule has 4 heterocycles. The van der Waals surface area contributed by atoms with E-state index >= 15 is 0 Å². The molecule has 4 aliphatic heterocycles. The van der Waals surface area contributed by atoms with Crippen LogP contribution in [0.4, 0.5) is 0 Å². The van der Waals surface area contributed by atoms with E-state index in [1.165, 1.54) is 136 Å². The van der Waals surface area contributed by atoms with E-state index in [0.29, 0.717) is 54.2 Å². The number of hydrogen-bond donors (Lipinski definition) is 0. The molecule has 7 fully saturated rings. The fourth-order valence-corrected chi connectivity index (χ4v) is 10.2. The molecule has 3 aliphatic carbocycles. The van der Waals surface area contributed by atoms with Gasteiger partial charge >= 0.3 is 0 Å². The third kappa shape index (κ3) is 21.5. The van der Waals surface area contributed by atoms with Gasteiger partial charge in [-0.15, -0.1) is 0 Å². The molecule has 0 spiro atoms. The van der Waals surface area contributed by atoms with Gasteiger partial charge in [0.05, 0.1) is 72.4 Å². The van der Waals surface area contributed by atoms with E-state index in [2.05, 4.69) is 103 Å². The minimum atomic E-state index is -0.0199. The maximum Gasteiger partial charge on any atom is 0.0994 e. The standard InChI is InChI=1S/C20H38N2O2.C18H35NO2.C14H27NO2/c1-20(2,3)24-19-15-18(16-19)23-17-7-11-22(12-8-17)14-13-21-9-5-4-6-10-21;1-17(2,3)13-19-9-7-14(8-10-19)20-15-11-16(12-15)21-18(4,5)6;1-14(2,3)17-13-9-12(10-13)16-11-15-7-5-4-6-8-15/h17-19H,4-16H2,1-3H3;14-16H,7-13H2,1-6H3;12-13H,4-11H2,1-3H3. The SMILES string of the molecule is CC(C)(C)CN1CCC(OC2CC(OC(C)(C)C)C2)CC1.CC(C)(C)OC1CC(OC2CCN(CCN3CCCCC3)CC2)C1.CC(C)(C)OC1CC(OCN2CCCCC2)C1. The molecular formula is C52H100N4O6. The lowest BCUT2D eigenvalue weighted by molar-refractivity contribution is -0.168. The first kappa shape index (κ1) is 52.6. The first-order valence-electron chi connectivity index (χ1n) is 26.0. The van der Waals surface area contributed by atoms with Crippen molar-refractivity contribution in [2.24, 2.45) is 5.41 Å². The van der Waals surface area contributed by atoms with Gasteiger partial charge in [-0.1, -0.05) is 33.6 Å². The van der Waals surface area contributed by atoms with Gasteiger partial charge < -0.3 is 43.1 Å². The van der Waals surface area contributed by atoms with Gasteiger partial charge in [0.15, 0.2) is 0 Å². The van der Waals surface area contributed by atoms with Crippen LogP contribution in [0.2, 0.25) is 0 Å². The van der Waals surface area contributed by atoms with Crippen molar-refractivity contribution in [3.8, 4) is 0 Å². The van der Waals surface area contributed by atoms with Crippen LogP contribution < -0.4 is 0 Å². The zero-order valence-electron chi connectivity index (χ0n) is 42.7. The molecule has 62 heavy (non-hydrogen) atoms. The fourth-order valence-electron chi connectivity index (χ4n) is 10.2. The van der Waals surface area contributed by atoms with Crippen LogP contribution in [0.3, 0.4) is 0 Å². The quantitative estimate of drug-likeness (QED) is 0.169. The zero-order valence-corrected chi connectivity index (χ0v) is 42.7. The third-order valence-corrected chi connectivity index (χ3v) is 13.4. The zero-order chi connectivity index (χ0) is 45.0. The van der Waals surface area contributed by atoms with Gasteiger partial charge in [0.25, 0.3) is 0 Å². The van der Waals surface area contributed by atoms with E-state index < -0.39 is 0 Å². The molecule has 0 aromatic rings. The Labute approximate surface area is 382 Å². The smallest absolute Gasteiger partial charge is 0.0994 e. The van der Waals surface area contributed by atoms with Gasteiger partial charge in [0.2, 0.25) is 0 Å². The number of likely N-dealkylation sites (tertiary alicyclic amines) is 4. The summed E-state index contributed by atoms with van der Waals surface area (Å²) in [6, 6.07) is 0. The Morgan fingerprint density at radius 3 is 1.06 bits per heavy atom. The minimum Gasteiger partial charge on any atom is -0.375 e. The van der Waals surface area contributed by atoms with E-state index in [9.17, 15) is 0 Å². The van der Waals surface area contributed by atoms with E-state index in [0.717, 1.165) is 45.3 Å². The molecule has 10 heteroatoms. The van der Waals surface area contributed by atoms with Gasteiger partial charge in [-0.25, -0.2) is 0 Å². The molecule has 0 atom stereocenters. The van der Waals surface area contributed by atoms with Crippen LogP contribution in [0.25, 0.3) is 0 Å². The lowest BCUT2D eigenvalue weighted by atomic mass is 9.90. The summed E-state index contributed by atoms with van der Waals surface area (Å²) >= 11 is 0. The van der Waals surface area contributed by atoms with Crippen LogP contribution in [-0.4, -0.2) is 164 Å². The molecule has 10 nitrogen and oxygen atoms in total. The van der Waals surface area contributed by atoms with Gasteiger partial charge in [0.1, 0.15) is 0 Å². The van der Waals surface area contributed by atoms with E-state index in [1.54, 1.807) is 0 Å². The lowest BCUT2D eigenvalue weighted by Gasteiger charge is -2.42. The predicted octanol–water partition coefficient (Wildman–Crippen LogP) is 9.95. The minimum absolute atomic E-state index is 0.0114. The fraction of sp³-hybridized carbons (Fsp3) is 1.00. The Kier molecular flexibility index (Phi) is 20.8. The van der Waals surface area contributed by atoms with Crippen molar-refractivity contribution in [1.82, 2.24) is 19.6 Å². The molecule has 364 valence electrons. The highest BCUT2D eigenvalue weighted by atomic mass is 16.5. The molecule has 0 radical (unpaired) electrons. The Morgan fingerprint density at radius 1 is 0.355 bits per heavy atom. The molecule has 3 saturated carbocycles. The van der Waals surface area contributed by atoms with Crippen LogP contribution in [0.5, 0.6) is 0 Å². The third-order valence-electron chi connectivity index (χ3n) is 13.4. The van der Waals surface area contributed by atoms with Crippen LogP contribution in [0, 0.1) is 5.41 Å². The maximum absolute atomic E-state index is 6.30. The van der Waals surface area contributed by atoms with E-state index in [4.69, 9.17) is 28.4 Å². The molecular weight excluding hydrogens is 777 g/mol. The number of rotatable bonds is 14. The second-order valence-electron chi connectivity index (χ2n) is 24.6. The molecule has 0 aromatic carbocycles. The molecule has 0 amide bonds. The second-order valence-corrected chi connectivity index (χ2v) is 24.6. The summed E-state index contributed by atoms with van der Waals surface area (Å²) in [7, 11) is 0. The predicted molar refractivity (Wildman–Crippen MR) is 255 cm³/mol. The topological polar surface area (TPSA) is 68.3 Å². The van der Waals surface area contributed by atoms with Crippen molar-refractivity contribution in [2.75, 3.05) is 78.7 Å². The molecule has 7 aliphatic rings. The molecule has 7 rings (SSSR count). The Morgan fingerprint density at radius 2 is 0.694 bits per heavy atom. The summed E-state index contributed by atoms with van der Waals surface area (Å²) in [4.78, 5) is 10.3. The molecule has 4 saturated heterocycles. The monoisotopic (exact) mass is 877 g/mol. The van der Waals surface area contributed by atoms with Crippen molar-refractivity contribution in [1.29, 1.82) is 0 Å². The molecule has 0 unspecified atom stereocenters. The Balaban J connectivity index is 0.000000178. The second kappa shape index (κ2) is 24.6. The molecule has 0 aromatic heterocycles. The van der Waals surface area contributed by atoms with Gasteiger partial charge in [0, 0.05) is 71.7 Å². The van der Waals surface area contributed by atoms with E-state index in [1.807, 2.05) is 0 Å². The number of hydrogen-bond acceptors (Lipinski definition) is 10. The summed E-state index contributed by atoms with van der Waals surface area (Å²) in [6.07, 6.45) is 23.1. The van der Waals surface area contributed by atoms with Crippen LogP contribution in [-0.2, 0) is 28.4 Å². The summed E-state index contributed by atoms with van der Waals surface area (Å²) < 4.78 is 36.3. The molecule has 0 N–H and O–H groups in total. The highest BCUT2D eigenvalue weighted by molar-refractivity contribution is 4.88. The average molecular weight is 877 g/mol. The molecule has 0 bridgehead atoms. The average Bonchev–Trinajstić information content (AvgIpc) is 3.14. The first-order valence-corrected chi connectivity index (χ1v) is 26.0. The summed E-state index contributed by atoms with van der Waals surface area (Å²) in [5, 5.41) is 0. The van der Waals surface area contributed by atoms with Gasteiger partial charge in [-0.3, -0.25) is 4.90 Å². The summed E-state index contributed by atoms with van der Waals surface area (Å²) in [5.41, 5.74) is 0.352.